The molecule has 2 aliphatic carbocycles. The minimum atomic E-state index is -3.65. The summed E-state index contributed by atoms with van der Waals surface area (Å²) in [6.07, 6.45) is 2.13. The Morgan fingerprint density at radius 2 is 1.74 bits per heavy atom. The molecule has 1 saturated heterocycles. The zero-order valence-corrected chi connectivity index (χ0v) is 21.6. The Kier molecular flexibility index (Phi) is 9.50. The first-order valence-corrected chi connectivity index (χ1v) is 13.6. The van der Waals surface area contributed by atoms with E-state index in [2.05, 4.69) is 10.8 Å². The molecule has 2 fully saturated rings. The van der Waals surface area contributed by atoms with E-state index in [1.54, 1.807) is 6.08 Å². The highest BCUT2D eigenvalue weighted by molar-refractivity contribution is 5.24. The quantitative estimate of drug-likeness (QED) is 0.229. The van der Waals surface area contributed by atoms with Gasteiger partial charge in [-0.2, -0.15) is 17.6 Å². The molecule has 0 aromatic heterocycles. The van der Waals surface area contributed by atoms with Crippen molar-refractivity contribution >= 4 is 0 Å². The normalized spacial score (nSPS) is 29.3. The van der Waals surface area contributed by atoms with Crippen LogP contribution in [0.3, 0.4) is 0 Å². The smallest absolute Gasteiger partial charge is 0.400 e. The van der Waals surface area contributed by atoms with Crippen LogP contribution in [0.15, 0.2) is 42.0 Å². The van der Waals surface area contributed by atoms with Crippen molar-refractivity contribution in [1.29, 1.82) is 0 Å². The molecule has 3 atom stereocenters. The molecule has 4 rings (SSSR count). The van der Waals surface area contributed by atoms with Crippen molar-refractivity contribution < 1.29 is 40.6 Å². The van der Waals surface area contributed by atoms with Gasteiger partial charge in [0.1, 0.15) is 5.75 Å². The van der Waals surface area contributed by atoms with Crippen LogP contribution in [0.1, 0.15) is 71.1 Å². The first-order chi connectivity index (χ1) is 18.1. The number of hydrogen-bond donors (Lipinski definition) is 0. The Labute approximate surface area is 220 Å². The third-order valence-electron chi connectivity index (χ3n) is 8.07. The van der Waals surface area contributed by atoms with E-state index < -0.39 is 41.6 Å². The molecule has 0 N–H and O–H groups in total. The Hall–Kier alpha value is -2.00. The van der Waals surface area contributed by atoms with Gasteiger partial charge < -0.3 is 14.2 Å². The van der Waals surface area contributed by atoms with E-state index in [0.717, 1.165) is 25.3 Å². The second-order valence-electron chi connectivity index (χ2n) is 10.7. The van der Waals surface area contributed by atoms with Gasteiger partial charge in [-0.1, -0.05) is 18.2 Å². The number of halogens is 6. The summed E-state index contributed by atoms with van der Waals surface area (Å²) < 4.78 is 101. The molecule has 0 radical (unpaired) electrons. The van der Waals surface area contributed by atoms with Crippen molar-refractivity contribution in [2.24, 2.45) is 17.8 Å². The molecule has 3 nitrogen and oxygen atoms in total. The molecule has 0 amide bonds. The standard InChI is InChI=1S/C29H36F6O3/c1-2-3-4-19-5-16-27(36-18-19)20-6-8-21(9-7-20)28(32,33)37-23-12-10-22(11-13-23)29(34,35)38-24-14-15-25(30)26(31)17-24/h2-3,8,14-15,17,19-20,22-23,27H,4-7,9-13,16,18H2,1H3/b3-2-. The average Bonchev–Trinajstić information content (AvgIpc) is 2.90. The molecule has 38 heavy (non-hydrogen) atoms. The third kappa shape index (κ3) is 7.34. The maximum atomic E-state index is 15.0. The molecule has 9 heteroatoms. The lowest BCUT2D eigenvalue weighted by Gasteiger charge is -2.37. The van der Waals surface area contributed by atoms with Crippen LogP contribution in [0.2, 0.25) is 0 Å². The average molecular weight is 547 g/mol. The monoisotopic (exact) mass is 546 g/mol. The fourth-order valence-corrected chi connectivity index (χ4v) is 5.75. The van der Waals surface area contributed by atoms with Crippen molar-refractivity contribution in [3.63, 3.8) is 0 Å². The topological polar surface area (TPSA) is 27.7 Å². The van der Waals surface area contributed by atoms with E-state index in [9.17, 15) is 26.3 Å². The number of rotatable bonds is 9. The molecular weight excluding hydrogens is 510 g/mol. The lowest BCUT2D eigenvalue weighted by molar-refractivity contribution is -0.258. The van der Waals surface area contributed by atoms with Gasteiger partial charge in [-0.25, -0.2) is 8.78 Å². The van der Waals surface area contributed by atoms with E-state index in [-0.39, 0.29) is 49.7 Å². The zero-order valence-electron chi connectivity index (χ0n) is 21.6. The van der Waals surface area contributed by atoms with Gasteiger partial charge in [0.15, 0.2) is 11.6 Å². The number of ether oxygens (including phenoxy) is 3. The number of hydrogen-bond acceptors (Lipinski definition) is 3. The summed E-state index contributed by atoms with van der Waals surface area (Å²) in [5.41, 5.74) is -0.0513. The second kappa shape index (κ2) is 12.5. The van der Waals surface area contributed by atoms with Gasteiger partial charge >= 0.3 is 12.2 Å². The van der Waals surface area contributed by atoms with Crippen LogP contribution in [0.4, 0.5) is 26.3 Å². The van der Waals surface area contributed by atoms with Gasteiger partial charge in [-0.05, 0) is 95.1 Å². The van der Waals surface area contributed by atoms with Crippen LogP contribution >= 0.6 is 0 Å². The number of benzene rings is 1. The van der Waals surface area contributed by atoms with Crippen molar-refractivity contribution in [2.45, 2.75) is 95.6 Å². The minimum Gasteiger partial charge on any atom is -0.432 e. The summed E-state index contributed by atoms with van der Waals surface area (Å²) in [5.74, 6) is -3.47. The van der Waals surface area contributed by atoms with Gasteiger partial charge in [0.25, 0.3) is 0 Å². The SMILES string of the molecule is C/C=C\CC1CCC(C2CC=C(C(F)(F)OC3CCC(C(F)(F)Oc4ccc(F)c(F)c4)CC3)CC2)OC1. The molecule has 212 valence electrons. The lowest BCUT2D eigenvalue weighted by Crippen LogP contribution is -2.40. The van der Waals surface area contributed by atoms with Crippen LogP contribution in [0, 0.1) is 29.4 Å². The van der Waals surface area contributed by atoms with Crippen molar-refractivity contribution in [3.8, 4) is 5.75 Å². The number of alkyl halides is 4. The highest BCUT2D eigenvalue weighted by Crippen LogP contribution is 2.43. The summed E-state index contributed by atoms with van der Waals surface area (Å²) in [7, 11) is 0. The molecule has 0 bridgehead atoms. The summed E-state index contributed by atoms with van der Waals surface area (Å²) >= 11 is 0. The van der Waals surface area contributed by atoms with Crippen molar-refractivity contribution in [3.05, 3.63) is 53.6 Å². The Balaban J connectivity index is 1.23. The summed E-state index contributed by atoms with van der Waals surface area (Å²) in [5, 5.41) is 0. The molecular formula is C29H36F6O3. The Morgan fingerprint density at radius 3 is 2.34 bits per heavy atom. The van der Waals surface area contributed by atoms with Crippen LogP contribution in [-0.2, 0) is 9.47 Å². The van der Waals surface area contributed by atoms with E-state index >= 15 is 0 Å². The summed E-state index contributed by atoms with van der Waals surface area (Å²) in [4.78, 5) is 0. The fourth-order valence-electron chi connectivity index (χ4n) is 5.75. The van der Waals surface area contributed by atoms with Crippen LogP contribution in [-0.4, -0.2) is 31.0 Å². The van der Waals surface area contributed by atoms with Crippen LogP contribution in [0.5, 0.6) is 5.75 Å². The zero-order chi connectivity index (χ0) is 27.3. The van der Waals surface area contributed by atoms with E-state index in [4.69, 9.17) is 9.47 Å². The first-order valence-electron chi connectivity index (χ1n) is 13.6. The van der Waals surface area contributed by atoms with Gasteiger partial charge in [0.2, 0.25) is 0 Å². The lowest BCUT2D eigenvalue weighted by atomic mass is 9.81. The highest BCUT2D eigenvalue weighted by atomic mass is 19.3. The molecule has 1 aromatic carbocycles. The van der Waals surface area contributed by atoms with Gasteiger partial charge in [0, 0.05) is 11.6 Å². The van der Waals surface area contributed by atoms with Crippen molar-refractivity contribution in [2.75, 3.05) is 6.61 Å². The Morgan fingerprint density at radius 1 is 0.974 bits per heavy atom. The highest BCUT2D eigenvalue weighted by Gasteiger charge is 2.47. The maximum Gasteiger partial charge on any atom is 0.400 e. The molecule has 1 heterocycles. The van der Waals surface area contributed by atoms with Crippen molar-refractivity contribution in [1.82, 2.24) is 0 Å². The Bertz CT molecular complexity index is 979. The predicted octanol–water partition coefficient (Wildman–Crippen LogP) is 8.59. The summed E-state index contributed by atoms with van der Waals surface area (Å²) in [6, 6.07) is 2.19. The number of allylic oxidation sites excluding steroid dienone is 3. The molecule has 1 aromatic rings. The maximum absolute atomic E-state index is 15.0. The minimum absolute atomic E-state index is 0.0250. The predicted molar refractivity (Wildman–Crippen MR) is 131 cm³/mol. The van der Waals surface area contributed by atoms with E-state index in [1.807, 2.05) is 13.0 Å². The van der Waals surface area contributed by atoms with Crippen LogP contribution in [0.25, 0.3) is 0 Å². The van der Waals surface area contributed by atoms with E-state index in [0.29, 0.717) is 37.5 Å². The molecule has 0 spiro atoms. The van der Waals surface area contributed by atoms with Gasteiger partial charge in [-0.15, -0.1) is 0 Å². The summed E-state index contributed by atoms with van der Waals surface area (Å²) in [6.45, 7) is 2.70. The molecule has 1 saturated carbocycles. The second-order valence-corrected chi connectivity index (χ2v) is 10.7. The van der Waals surface area contributed by atoms with Gasteiger partial charge in [0.05, 0.1) is 24.7 Å². The largest absolute Gasteiger partial charge is 0.432 e. The van der Waals surface area contributed by atoms with E-state index in [1.165, 1.54) is 0 Å². The first kappa shape index (κ1) is 29.0. The molecule has 1 aliphatic heterocycles. The van der Waals surface area contributed by atoms with Gasteiger partial charge in [-0.3, -0.25) is 0 Å². The van der Waals surface area contributed by atoms with Crippen LogP contribution < -0.4 is 4.74 Å². The molecule has 3 unspecified atom stereocenters. The third-order valence-corrected chi connectivity index (χ3v) is 8.07. The fraction of sp³-hybridized carbons (Fsp3) is 0.655. The molecule has 3 aliphatic rings.